The minimum atomic E-state index is -4.96. The van der Waals surface area contributed by atoms with Crippen LogP contribution in [0.25, 0.3) is 0 Å². The first-order valence-electron chi connectivity index (χ1n) is 37.8. The van der Waals surface area contributed by atoms with E-state index in [4.69, 9.17) is 37.0 Å². The number of ether oxygens (including phenoxy) is 4. The highest BCUT2D eigenvalue weighted by Gasteiger charge is 2.30. The average molecular weight is 1350 g/mol. The lowest BCUT2D eigenvalue weighted by Crippen LogP contribution is -2.30. The van der Waals surface area contributed by atoms with Gasteiger partial charge in [-0.1, -0.05) is 312 Å². The molecule has 0 aromatic rings. The van der Waals surface area contributed by atoms with E-state index >= 15 is 0 Å². The minimum Gasteiger partial charge on any atom is -0.462 e. The van der Waals surface area contributed by atoms with Crippen LogP contribution in [0.15, 0.2) is 0 Å². The van der Waals surface area contributed by atoms with E-state index in [1.165, 1.54) is 161 Å². The molecule has 92 heavy (non-hydrogen) atoms. The lowest BCUT2D eigenvalue weighted by Gasteiger charge is -2.21. The molecule has 4 unspecified atom stereocenters. The summed E-state index contributed by atoms with van der Waals surface area (Å²) < 4.78 is 68.4. The number of aliphatic hydroxyl groups excluding tert-OH is 1. The molecule has 0 rings (SSSR count). The third-order valence-corrected chi connectivity index (χ3v) is 19.4. The van der Waals surface area contributed by atoms with Crippen molar-refractivity contribution >= 4 is 39.5 Å². The summed E-state index contributed by atoms with van der Waals surface area (Å²) in [5.41, 5.74) is 0. The van der Waals surface area contributed by atoms with E-state index < -0.39 is 97.5 Å². The maximum Gasteiger partial charge on any atom is 0.472 e. The highest BCUT2D eigenvalue weighted by molar-refractivity contribution is 7.47. The second-order valence-corrected chi connectivity index (χ2v) is 30.7. The van der Waals surface area contributed by atoms with Gasteiger partial charge < -0.3 is 33.8 Å². The number of esters is 4. The van der Waals surface area contributed by atoms with Crippen LogP contribution in [0.3, 0.4) is 0 Å². The molecule has 17 nitrogen and oxygen atoms in total. The molecule has 0 aromatic heterocycles. The quantitative estimate of drug-likeness (QED) is 0.0222. The molecule has 3 N–H and O–H groups in total. The number of rotatable bonds is 70. The second kappa shape index (κ2) is 62.6. The molecular formula is C73H142O17P2. The third kappa shape index (κ3) is 64.1. The summed E-state index contributed by atoms with van der Waals surface area (Å²) in [6.45, 7) is 14.1. The van der Waals surface area contributed by atoms with Crippen LogP contribution in [0.5, 0.6) is 0 Å². The van der Waals surface area contributed by atoms with Crippen LogP contribution >= 0.6 is 15.6 Å². The molecule has 19 heteroatoms. The van der Waals surface area contributed by atoms with Gasteiger partial charge in [-0.2, -0.15) is 0 Å². The Morgan fingerprint density at radius 1 is 0.304 bits per heavy atom. The smallest absolute Gasteiger partial charge is 0.462 e. The number of phosphoric ester groups is 2. The fraction of sp³-hybridized carbons (Fsp3) is 0.945. The van der Waals surface area contributed by atoms with Crippen LogP contribution in [-0.4, -0.2) is 96.7 Å². The predicted molar refractivity (Wildman–Crippen MR) is 372 cm³/mol. The van der Waals surface area contributed by atoms with E-state index in [2.05, 4.69) is 55.4 Å². The SMILES string of the molecule is CCC(C)CCCCCCCCCCC(=O)O[C@H](COC(=O)CCCCCCCCCCCCCCCCC(C)C)COP(=O)(O)OC[C@@H](O)COP(=O)(O)OC[C@@H](COC(=O)CCCCCCCCC(C)CC)OC(=O)CCCCCCCCCCCCC(C)C. The number of hydrogen-bond acceptors (Lipinski definition) is 15. The predicted octanol–water partition coefficient (Wildman–Crippen LogP) is 20.9. The van der Waals surface area contributed by atoms with Gasteiger partial charge >= 0.3 is 39.5 Å². The zero-order chi connectivity index (χ0) is 68.2. The van der Waals surface area contributed by atoms with E-state index in [0.717, 1.165) is 120 Å². The number of carbonyl (C=O) groups is 4. The number of phosphoric acid groups is 2. The van der Waals surface area contributed by atoms with Crippen molar-refractivity contribution in [3.05, 3.63) is 0 Å². The first kappa shape index (κ1) is 90.1. The van der Waals surface area contributed by atoms with E-state index in [1.54, 1.807) is 0 Å². The molecule has 0 spiro atoms. The molecule has 0 aliphatic heterocycles. The number of unbranched alkanes of at least 4 members (excludes halogenated alkanes) is 34. The van der Waals surface area contributed by atoms with Gasteiger partial charge in [-0.3, -0.25) is 37.3 Å². The highest BCUT2D eigenvalue weighted by atomic mass is 31.2. The Morgan fingerprint density at radius 3 is 0.772 bits per heavy atom. The number of hydrogen-bond donors (Lipinski definition) is 3. The van der Waals surface area contributed by atoms with Crippen LogP contribution in [0.2, 0.25) is 0 Å². The van der Waals surface area contributed by atoms with Gasteiger partial charge in [0.15, 0.2) is 12.2 Å². The second-order valence-electron chi connectivity index (χ2n) is 27.8. The lowest BCUT2D eigenvalue weighted by atomic mass is 9.99. The monoisotopic (exact) mass is 1350 g/mol. The summed E-state index contributed by atoms with van der Waals surface area (Å²) in [4.78, 5) is 72.7. The Labute approximate surface area is 562 Å². The molecule has 0 heterocycles. The van der Waals surface area contributed by atoms with Gasteiger partial charge in [0.25, 0.3) is 0 Å². The number of aliphatic hydroxyl groups is 1. The van der Waals surface area contributed by atoms with Crippen LogP contribution in [-0.2, 0) is 65.4 Å². The normalized spacial score (nSPS) is 14.8. The molecule has 0 radical (unpaired) electrons. The molecule has 0 fully saturated rings. The molecule has 0 amide bonds. The first-order chi connectivity index (χ1) is 44.2. The van der Waals surface area contributed by atoms with Crippen molar-refractivity contribution in [1.29, 1.82) is 0 Å². The molecule has 0 aliphatic carbocycles. The van der Waals surface area contributed by atoms with Crippen molar-refractivity contribution < 1.29 is 80.2 Å². The van der Waals surface area contributed by atoms with Gasteiger partial charge in [0.1, 0.15) is 19.3 Å². The fourth-order valence-electron chi connectivity index (χ4n) is 11.0. The van der Waals surface area contributed by atoms with E-state index in [-0.39, 0.29) is 25.7 Å². The summed E-state index contributed by atoms with van der Waals surface area (Å²) in [7, 11) is -9.91. The van der Waals surface area contributed by atoms with Crippen LogP contribution in [0, 0.1) is 23.7 Å². The third-order valence-electron chi connectivity index (χ3n) is 17.5. The topological polar surface area (TPSA) is 237 Å². The van der Waals surface area contributed by atoms with Gasteiger partial charge in [0.05, 0.1) is 26.4 Å². The van der Waals surface area contributed by atoms with Crippen LogP contribution < -0.4 is 0 Å². The van der Waals surface area contributed by atoms with Crippen LogP contribution in [0.1, 0.15) is 364 Å². The molecular weight excluding hydrogens is 1210 g/mol. The molecule has 546 valence electrons. The molecule has 0 saturated heterocycles. The van der Waals surface area contributed by atoms with Crippen molar-refractivity contribution in [2.75, 3.05) is 39.6 Å². The van der Waals surface area contributed by atoms with Gasteiger partial charge in [-0.15, -0.1) is 0 Å². The largest absolute Gasteiger partial charge is 0.472 e. The van der Waals surface area contributed by atoms with Gasteiger partial charge in [0, 0.05) is 25.7 Å². The lowest BCUT2D eigenvalue weighted by molar-refractivity contribution is -0.161. The highest BCUT2D eigenvalue weighted by Crippen LogP contribution is 2.45. The Hall–Kier alpha value is -1.94. The summed E-state index contributed by atoms with van der Waals surface area (Å²) in [5.74, 6) is 0.924. The van der Waals surface area contributed by atoms with Crippen molar-refractivity contribution in [3.8, 4) is 0 Å². The molecule has 0 saturated carbocycles. The van der Waals surface area contributed by atoms with Crippen molar-refractivity contribution in [2.24, 2.45) is 23.7 Å². The van der Waals surface area contributed by atoms with E-state index in [9.17, 15) is 43.2 Å². The molecule has 0 aromatic carbocycles. The van der Waals surface area contributed by atoms with E-state index in [1.807, 2.05) is 0 Å². The standard InChI is InChI=1S/C73H142O17P2/c1-9-65(7)51-43-35-27-23-24-30-40-48-56-73(78)90-68(59-83-70(75)53-45-37-28-21-16-14-12-11-13-15-19-25-33-41-49-63(3)4)61-87-91(79,80)85-57-67(74)58-86-92(81,82)88-62-69(60-84-71(76)54-46-38-32-31-36-44-52-66(8)10-2)89-72(77)55-47-39-29-22-18-17-20-26-34-42-50-64(5)6/h63-69,74H,9-62H2,1-8H3,(H,79,80)(H,81,82)/t65?,66?,67-,68-,69-/m1/s1. The Balaban J connectivity index is 5.24. The minimum absolute atomic E-state index is 0.104. The fourth-order valence-corrected chi connectivity index (χ4v) is 12.5. The molecule has 0 aliphatic rings. The van der Waals surface area contributed by atoms with Gasteiger partial charge in [-0.05, 0) is 49.4 Å². The maximum absolute atomic E-state index is 13.0. The van der Waals surface area contributed by atoms with Gasteiger partial charge in [0.2, 0.25) is 0 Å². The number of carbonyl (C=O) groups excluding carboxylic acids is 4. The summed E-state index contributed by atoms with van der Waals surface area (Å²) in [5, 5.41) is 10.6. The Kier molecular flexibility index (Phi) is 61.3. The van der Waals surface area contributed by atoms with Crippen molar-refractivity contribution in [1.82, 2.24) is 0 Å². The van der Waals surface area contributed by atoms with E-state index in [0.29, 0.717) is 25.7 Å². The molecule has 7 atom stereocenters. The Bertz CT molecular complexity index is 1820. The van der Waals surface area contributed by atoms with Crippen molar-refractivity contribution in [3.63, 3.8) is 0 Å². The Morgan fingerprint density at radius 2 is 0.522 bits per heavy atom. The maximum atomic E-state index is 13.0. The molecule has 0 bridgehead atoms. The zero-order valence-corrected chi connectivity index (χ0v) is 62.0. The van der Waals surface area contributed by atoms with Gasteiger partial charge in [-0.25, -0.2) is 9.13 Å². The first-order valence-corrected chi connectivity index (χ1v) is 40.8. The summed E-state index contributed by atoms with van der Waals surface area (Å²) >= 11 is 0. The summed E-state index contributed by atoms with van der Waals surface area (Å²) in [6.07, 6.45) is 45.8. The van der Waals surface area contributed by atoms with Crippen LogP contribution in [0.4, 0.5) is 0 Å². The summed E-state index contributed by atoms with van der Waals surface area (Å²) in [6, 6.07) is 0. The average Bonchev–Trinajstić information content (AvgIpc) is 3.18. The zero-order valence-electron chi connectivity index (χ0n) is 60.2. The van der Waals surface area contributed by atoms with Crippen molar-refractivity contribution in [2.45, 2.75) is 382 Å².